The van der Waals surface area contributed by atoms with Gasteiger partial charge in [0.2, 0.25) is 5.91 Å². The van der Waals surface area contributed by atoms with E-state index in [1.807, 2.05) is 6.08 Å². The van der Waals surface area contributed by atoms with Crippen LogP contribution in [0.5, 0.6) is 0 Å². The predicted molar refractivity (Wildman–Crippen MR) is 218 cm³/mol. The number of ether oxygens (including phenoxy) is 1. The zero-order valence-corrected chi connectivity index (χ0v) is 34.1. The molecule has 0 radical (unpaired) electrons. The highest BCUT2D eigenvalue weighted by molar-refractivity contribution is 5.76. The topological polar surface area (TPSA) is 95.9 Å². The number of hydrogen-bond acceptors (Lipinski definition) is 5. The molecule has 3 N–H and O–H groups in total. The first-order valence-corrected chi connectivity index (χ1v) is 22.5. The molecule has 0 aliphatic heterocycles. The molecule has 1 amide bonds. The fourth-order valence-corrected chi connectivity index (χ4v) is 6.81. The van der Waals surface area contributed by atoms with Gasteiger partial charge in [0.1, 0.15) is 0 Å². The lowest BCUT2D eigenvalue weighted by Crippen LogP contribution is -2.45. The summed E-state index contributed by atoms with van der Waals surface area (Å²) in [6.07, 6.45) is 44.8. The maximum Gasteiger partial charge on any atom is 0.305 e. The first-order valence-electron chi connectivity index (χ1n) is 22.5. The number of hydrogen-bond donors (Lipinski definition) is 3. The quantitative estimate of drug-likeness (QED) is 0.0332. The van der Waals surface area contributed by atoms with Gasteiger partial charge in [0.15, 0.2) is 0 Å². The minimum absolute atomic E-state index is 0.00705. The van der Waals surface area contributed by atoms with Crippen molar-refractivity contribution in [2.24, 2.45) is 0 Å². The van der Waals surface area contributed by atoms with E-state index in [9.17, 15) is 19.8 Å². The van der Waals surface area contributed by atoms with Crippen LogP contribution in [0, 0.1) is 0 Å². The molecule has 0 aliphatic rings. The fraction of sp³-hybridized carbons (Fsp3) is 0.911. The van der Waals surface area contributed by atoms with Gasteiger partial charge in [-0.25, -0.2) is 0 Å². The maximum atomic E-state index is 12.3. The van der Waals surface area contributed by atoms with E-state index in [0.29, 0.717) is 19.4 Å². The summed E-state index contributed by atoms with van der Waals surface area (Å²) in [5, 5.41) is 22.8. The highest BCUT2D eigenvalue weighted by Gasteiger charge is 2.18. The molecule has 0 heterocycles. The molecule has 0 bridgehead atoms. The lowest BCUT2D eigenvalue weighted by Gasteiger charge is -2.20. The normalized spacial score (nSPS) is 12.8. The average molecular weight is 722 g/mol. The Kier molecular flexibility index (Phi) is 40.2. The second kappa shape index (κ2) is 41.4. The monoisotopic (exact) mass is 722 g/mol. The van der Waals surface area contributed by atoms with Crippen LogP contribution in [0.25, 0.3) is 0 Å². The number of amides is 1. The number of allylic oxidation sites excluding steroid dienone is 1. The Balaban J connectivity index is 3.46. The number of nitrogens with one attached hydrogen (secondary N) is 1. The van der Waals surface area contributed by atoms with E-state index in [1.54, 1.807) is 6.08 Å². The van der Waals surface area contributed by atoms with Gasteiger partial charge in [0, 0.05) is 12.8 Å². The van der Waals surface area contributed by atoms with Gasteiger partial charge in [0.25, 0.3) is 0 Å². The van der Waals surface area contributed by atoms with Gasteiger partial charge in [-0.15, -0.1) is 0 Å². The molecular formula is C45H87NO5. The number of aliphatic hydroxyl groups excluding tert-OH is 2. The fourth-order valence-electron chi connectivity index (χ4n) is 6.81. The van der Waals surface area contributed by atoms with Crippen LogP contribution in [0.2, 0.25) is 0 Å². The Morgan fingerprint density at radius 2 is 0.902 bits per heavy atom. The van der Waals surface area contributed by atoms with E-state index >= 15 is 0 Å². The van der Waals surface area contributed by atoms with Crippen molar-refractivity contribution >= 4 is 11.9 Å². The molecule has 0 aromatic rings. The van der Waals surface area contributed by atoms with Crippen LogP contribution in [0.3, 0.4) is 0 Å². The van der Waals surface area contributed by atoms with Crippen LogP contribution < -0.4 is 5.32 Å². The van der Waals surface area contributed by atoms with Gasteiger partial charge in [-0.3, -0.25) is 9.59 Å². The van der Waals surface area contributed by atoms with Crippen molar-refractivity contribution in [3.63, 3.8) is 0 Å². The molecule has 2 unspecified atom stereocenters. The van der Waals surface area contributed by atoms with Crippen LogP contribution in [-0.2, 0) is 14.3 Å². The molecule has 6 heteroatoms. The van der Waals surface area contributed by atoms with Crippen molar-refractivity contribution in [2.45, 2.75) is 251 Å². The van der Waals surface area contributed by atoms with E-state index in [-0.39, 0.29) is 18.5 Å². The van der Waals surface area contributed by atoms with Crippen molar-refractivity contribution in [1.82, 2.24) is 5.32 Å². The summed E-state index contributed by atoms with van der Waals surface area (Å²) in [6.45, 7) is 4.83. The third kappa shape index (κ3) is 38.1. The van der Waals surface area contributed by atoms with Crippen molar-refractivity contribution in [1.29, 1.82) is 0 Å². The highest BCUT2D eigenvalue weighted by atomic mass is 16.5. The predicted octanol–water partition coefficient (Wildman–Crippen LogP) is 12.6. The van der Waals surface area contributed by atoms with Crippen molar-refractivity contribution < 1.29 is 24.5 Å². The molecule has 0 saturated heterocycles. The van der Waals surface area contributed by atoms with Gasteiger partial charge in [-0.1, -0.05) is 206 Å². The highest BCUT2D eigenvalue weighted by Crippen LogP contribution is 2.15. The van der Waals surface area contributed by atoms with Crippen molar-refractivity contribution in [2.75, 3.05) is 13.2 Å². The van der Waals surface area contributed by atoms with E-state index in [1.165, 1.54) is 154 Å². The largest absolute Gasteiger partial charge is 0.466 e. The van der Waals surface area contributed by atoms with Gasteiger partial charge in [0.05, 0.1) is 25.4 Å². The van der Waals surface area contributed by atoms with Crippen LogP contribution in [0.15, 0.2) is 12.2 Å². The van der Waals surface area contributed by atoms with E-state index < -0.39 is 12.1 Å². The van der Waals surface area contributed by atoms with Gasteiger partial charge >= 0.3 is 5.97 Å². The molecule has 51 heavy (non-hydrogen) atoms. The van der Waals surface area contributed by atoms with Gasteiger partial charge in [-0.05, 0) is 32.1 Å². The molecule has 0 rings (SSSR count). The number of carbonyl (C=O) groups is 2. The zero-order valence-electron chi connectivity index (χ0n) is 34.1. The molecule has 302 valence electrons. The Labute approximate surface area is 317 Å². The summed E-state index contributed by atoms with van der Waals surface area (Å²) < 4.78 is 5.44. The molecule has 0 aromatic carbocycles. The first-order chi connectivity index (χ1) is 25.0. The van der Waals surface area contributed by atoms with Gasteiger partial charge in [-0.2, -0.15) is 0 Å². The van der Waals surface area contributed by atoms with Crippen molar-refractivity contribution in [3.8, 4) is 0 Å². The Bertz CT molecular complexity index is 757. The molecule has 0 aliphatic carbocycles. The third-order valence-electron chi connectivity index (χ3n) is 10.3. The minimum atomic E-state index is -0.849. The molecule has 0 spiro atoms. The van der Waals surface area contributed by atoms with Crippen LogP contribution >= 0.6 is 0 Å². The molecular weight excluding hydrogens is 634 g/mol. The summed E-state index contributed by atoms with van der Waals surface area (Å²) in [5.74, 6) is -0.0907. The first kappa shape index (κ1) is 49.6. The standard InChI is InChI=1S/C45H87NO5/c1-3-5-7-9-11-13-14-19-23-27-31-35-39-45(50)51-40-36-32-28-24-20-17-15-16-18-22-26-30-34-38-44(49)46-42(41-47)43(48)37-33-29-25-21-12-10-8-6-4-2/h33,37,42-43,47-48H,3-32,34-36,38-41H2,1-2H3,(H,46,49)/b37-33+. The number of unbranched alkanes of at least 4 members (excludes halogenated alkanes) is 30. The second-order valence-electron chi connectivity index (χ2n) is 15.4. The summed E-state index contributed by atoms with van der Waals surface area (Å²) in [7, 11) is 0. The minimum Gasteiger partial charge on any atom is -0.466 e. The smallest absolute Gasteiger partial charge is 0.305 e. The Hall–Kier alpha value is -1.40. The van der Waals surface area contributed by atoms with Crippen LogP contribution in [-0.4, -0.2) is 47.4 Å². The molecule has 0 saturated carbocycles. The zero-order chi connectivity index (χ0) is 37.3. The van der Waals surface area contributed by atoms with Crippen LogP contribution in [0.4, 0.5) is 0 Å². The lowest BCUT2D eigenvalue weighted by molar-refractivity contribution is -0.143. The van der Waals surface area contributed by atoms with E-state index in [0.717, 1.165) is 57.8 Å². The number of aliphatic hydroxyl groups is 2. The molecule has 0 fully saturated rings. The van der Waals surface area contributed by atoms with Crippen LogP contribution in [0.1, 0.15) is 239 Å². The summed E-state index contributed by atoms with van der Waals surface area (Å²) in [5.41, 5.74) is 0. The molecule has 2 atom stereocenters. The number of rotatable bonds is 41. The molecule has 6 nitrogen and oxygen atoms in total. The Morgan fingerprint density at radius 1 is 0.529 bits per heavy atom. The summed E-state index contributed by atoms with van der Waals surface area (Å²) in [4.78, 5) is 24.3. The summed E-state index contributed by atoms with van der Waals surface area (Å²) in [6, 6.07) is -0.633. The van der Waals surface area contributed by atoms with Crippen molar-refractivity contribution in [3.05, 3.63) is 12.2 Å². The maximum absolute atomic E-state index is 12.3. The number of carbonyl (C=O) groups excluding carboxylic acids is 2. The average Bonchev–Trinajstić information content (AvgIpc) is 3.13. The van der Waals surface area contributed by atoms with E-state index in [2.05, 4.69) is 19.2 Å². The summed E-state index contributed by atoms with van der Waals surface area (Å²) >= 11 is 0. The number of esters is 1. The molecule has 0 aromatic heterocycles. The van der Waals surface area contributed by atoms with E-state index in [4.69, 9.17) is 4.74 Å². The second-order valence-corrected chi connectivity index (χ2v) is 15.4. The third-order valence-corrected chi connectivity index (χ3v) is 10.3. The SMILES string of the molecule is CCCCCCCCC/C=C/C(O)C(CO)NC(=O)CCCCCCCCCCCCCCCOC(=O)CCCCCCCCCCCCCC. The Morgan fingerprint density at radius 3 is 1.33 bits per heavy atom. The lowest BCUT2D eigenvalue weighted by atomic mass is 10.0. The van der Waals surface area contributed by atoms with Gasteiger partial charge < -0.3 is 20.3 Å².